The van der Waals surface area contributed by atoms with Gasteiger partial charge in [0.2, 0.25) is 5.91 Å². The van der Waals surface area contributed by atoms with Crippen LogP contribution in [-0.4, -0.2) is 43.3 Å². The number of sulfone groups is 1. The smallest absolute Gasteiger partial charge is 0.241 e. The van der Waals surface area contributed by atoms with Crippen LogP contribution in [0.1, 0.15) is 32.0 Å². The number of carbonyl (C=O) groups excluding carboxylic acids is 1. The summed E-state index contributed by atoms with van der Waals surface area (Å²) in [6.07, 6.45) is 1.62. The summed E-state index contributed by atoms with van der Waals surface area (Å²) in [5.74, 6) is -0.0531. The van der Waals surface area contributed by atoms with Gasteiger partial charge in [-0.1, -0.05) is 37.3 Å². The zero-order chi connectivity index (χ0) is 15.6. The van der Waals surface area contributed by atoms with Crippen molar-refractivity contribution < 1.29 is 13.2 Å². The summed E-state index contributed by atoms with van der Waals surface area (Å²) < 4.78 is 23.1. The van der Waals surface area contributed by atoms with Gasteiger partial charge in [-0.2, -0.15) is 0 Å². The summed E-state index contributed by atoms with van der Waals surface area (Å²) >= 11 is 0. The number of nitrogens with zero attached hydrogens (tertiary/aromatic N) is 1. The molecule has 1 aliphatic rings. The Morgan fingerprint density at radius 2 is 1.90 bits per heavy atom. The first-order chi connectivity index (χ1) is 9.83. The number of amides is 1. The SMILES string of the molecule is CCC1NC(c2ccccc2)N(C(C)CS(C)(=O)=O)C1=O. The first kappa shape index (κ1) is 16.0. The lowest BCUT2D eigenvalue weighted by molar-refractivity contribution is -0.131. The Bertz CT molecular complexity index is 601. The van der Waals surface area contributed by atoms with Crippen LogP contribution in [-0.2, 0) is 14.6 Å². The van der Waals surface area contributed by atoms with Crippen molar-refractivity contribution in [3.05, 3.63) is 35.9 Å². The van der Waals surface area contributed by atoms with E-state index in [-0.39, 0.29) is 29.9 Å². The van der Waals surface area contributed by atoms with E-state index in [2.05, 4.69) is 5.32 Å². The molecule has 3 unspecified atom stereocenters. The molecule has 1 fully saturated rings. The van der Waals surface area contributed by atoms with Crippen molar-refractivity contribution in [2.45, 2.75) is 38.5 Å². The standard InChI is InChI=1S/C15H22N2O3S/c1-4-13-15(18)17(11(2)10-21(3,19)20)14(16-13)12-8-6-5-7-9-12/h5-9,11,13-14,16H,4,10H2,1-3H3. The summed E-state index contributed by atoms with van der Waals surface area (Å²) in [5.41, 5.74) is 0.974. The molecule has 1 saturated heterocycles. The van der Waals surface area contributed by atoms with Crippen molar-refractivity contribution in [2.24, 2.45) is 0 Å². The third-order valence-corrected chi connectivity index (χ3v) is 4.82. The van der Waals surface area contributed by atoms with Gasteiger partial charge in [0, 0.05) is 12.3 Å². The van der Waals surface area contributed by atoms with Gasteiger partial charge in [0.15, 0.2) is 0 Å². The molecule has 5 nitrogen and oxygen atoms in total. The van der Waals surface area contributed by atoms with Gasteiger partial charge in [-0.3, -0.25) is 10.1 Å². The zero-order valence-corrected chi connectivity index (χ0v) is 13.4. The molecule has 21 heavy (non-hydrogen) atoms. The number of nitrogens with one attached hydrogen (secondary N) is 1. The van der Waals surface area contributed by atoms with Crippen molar-refractivity contribution in [1.82, 2.24) is 10.2 Å². The summed E-state index contributed by atoms with van der Waals surface area (Å²) in [5, 5.41) is 3.31. The molecule has 1 heterocycles. The predicted octanol–water partition coefficient (Wildman–Crippen LogP) is 1.33. The number of benzene rings is 1. The summed E-state index contributed by atoms with van der Waals surface area (Å²) in [7, 11) is -3.14. The molecule has 1 amide bonds. The zero-order valence-electron chi connectivity index (χ0n) is 12.6. The van der Waals surface area contributed by atoms with E-state index in [0.29, 0.717) is 6.42 Å². The summed E-state index contributed by atoms with van der Waals surface area (Å²) in [6.45, 7) is 3.73. The minimum atomic E-state index is -3.14. The number of hydrogen-bond acceptors (Lipinski definition) is 4. The second-order valence-electron chi connectivity index (χ2n) is 5.63. The Balaban J connectivity index is 2.31. The largest absolute Gasteiger partial charge is 0.318 e. The molecule has 0 spiro atoms. The fraction of sp³-hybridized carbons (Fsp3) is 0.533. The van der Waals surface area contributed by atoms with E-state index in [4.69, 9.17) is 0 Å². The van der Waals surface area contributed by atoms with Crippen molar-refractivity contribution in [3.8, 4) is 0 Å². The highest BCUT2D eigenvalue weighted by molar-refractivity contribution is 7.90. The lowest BCUT2D eigenvalue weighted by Gasteiger charge is -2.30. The molecule has 2 rings (SSSR count). The molecular weight excluding hydrogens is 288 g/mol. The van der Waals surface area contributed by atoms with Gasteiger partial charge in [0.05, 0.1) is 11.8 Å². The van der Waals surface area contributed by atoms with Gasteiger partial charge in [0.1, 0.15) is 16.0 Å². The van der Waals surface area contributed by atoms with E-state index >= 15 is 0 Å². The predicted molar refractivity (Wildman–Crippen MR) is 82.4 cm³/mol. The topological polar surface area (TPSA) is 66.5 Å². The third-order valence-electron chi connectivity index (χ3n) is 3.73. The van der Waals surface area contributed by atoms with E-state index in [9.17, 15) is 13.2 Å². The highest BCUT2D eigenvalue weighted by atomic mass is 32.2. The average Bonchev–Trinajstić information content (AvgIpc) is 2.75. The van der Waals surface area contributed by atoms with Crippen molar-refractivity contribution in [1.29, 1.82) is 0 Å². The minimum Gasteiger partial charge on any atom is -0.318 e. The summed E-state index contributed by atoms with van der Waals surface area (Å²) in [6, 6.07) is 9.04. The fourth-order valence-electron chi connectivity index (χ4n) is 2.82. The van der Waals surface area contributed by atoms with Gasteiger partial charge >= 0.3 is 0 Å². The van der Waals surface area contributed by atoms with E-state index < -0.39 is 9.84 Å². The maximum absolute atomic E-state index is 12.5. The van der Waals surface area contributed by atoms with Gasteiger partial charge in [-0.15, -0.1) is 0 Å². The van der Waals surface area contributed by atoms with Crippen LogP contribution in [0.4, 0.5) is 0 Å². The van der Waals surface area contributed by atoms with E-state index in [0.717, 1.165) is 5.56 Å². The van der Waals surface area contributed by atoms with E-state index in [1.807, 2.05) is 37.3 Å². The maximum atomic E-state index is 12.5. The normalized spacial score (nSPS) is 24.3. The molecule has 1 aromatic rings. The quantitative estimate of drug-likeness (QED) is 0.891. The van der Waals surface area contributed by atoms with Gasteiger partial charge in [-0.25, -0.2) is 8.42 Å². The Morgan fingerprint density at radius 3 is 2.43 bits per heavy atom. The highest BCUT2D eigenvalue weighted by Gasteiger charge is 2.41. The van der Waals surface area contributed by atoms with Crippen LogP contribution in [0.3, 0.4) is 0 Å². The molecule has 1 aromatic carbocycles. The minimum absolute atomic E-state index is 0.0255. The van der Waals surface area contributed by atoms with E-state index in [1.165, 1.54) is 6.26 Å². The molecule has 0 bridgehead atoms. The second-order valence-corrected chi connectivity index (χ2v) is 7.81. The molecule has 1 aliphatic heterocycles. The van der Waals surface area contributed by atoms with Crippen molar-refractivity contribution in [2.75, 3.05) is 12.0 Å². The van der Waals surface area contributed by atoms with Gasteiger partial charge < -0.3 is 4.90 Å². The molecule has 116 valence electrons. The number of carbonyl (C=O) groups is 1. The highest BCUT2D eigenvalue weighted by Crippen LogP contribution is 2.28. The number of rotatable bonds is 5. The van der Waals surface area contributed by atoms with Crippen LogP contribution in [0.2, 0.25) is 0 Å². The Kier molecular flexibility index (Phi) is 4.68. The molecule has 0 radical (unpaired) electrons. The molecule has 3 atom stereocenters. The van der Waals surface area contributed by atoms with Crippen molar-refractivity contribution in [3.63, 3.8) is 0 Å². The Morgan fingerprint density at radius 1 is 1.29 bits per heavy atom. The Labute approximate surface area is 126 Å². The van der Waals surface area contributed by atoms with Crippen LogP contribution in [0.5, 0.6) is 0 Å². The lowest BCUT2D eigenvalue weighted by Crippen LogP contribution is -2.42. The molecule has 0 saturated carbocycles. The second kappa shape index (κ2) is 6.15. The monoisotopic (exact) mass is 310 g/mol. The van der Waals surface area contributed by atoms with Gasteiger partial charge in [-0.05, 0) is 18.9 Å². The maximum Gasteiger partial charge on any atom is 0.241 e. The molecule has 0 aliphatic carbocycles. The van der Waals surface area contributed by atoms with Gasteiger partial charge in [0.25, 0.3) is 0 Å². The molecule has 1 N–H and O–H groups in total. The number of hydrogen-bond donors (Lipinski definition) is 1. The van der Waals surface area contributed by atoms with Crippen LogP contribution in [0.15, 0.2) is 30.3 Å². The van der Waals surface area contributed by atoms with Crippen molar-refractivity contribution >= 4 is 15.7 Å². The fourth-order valence-corrected chi connectivity index (χ4v) is 3.86. The van der Waals surface area contributed by atoms with Crippen LogP contribution < -0.4 is 5.32 Å². The van der Waals surface area contributed by atoms with Crippen LogP contribution in [0, 0.1) is 0 Å². The van der Waals surface area contributed by atoms with E-state index in [1.54, 1.807) is 11.8 Å². The van der Waals surface area contributed by atoms with Crippen LogP contribution >= 0.6 is 0 Å². The Hall–Kier alpha value is -1.40. The lowest BCUT2D eigenvalue weighted by atomic mass is 10.1. The third kappa shape index (κ3) is 3.63. The van der Waals surface area contributed by atoms with Crippen LogP contribution in [0.25, 0.3) is 0 Å². The molecule has 6 heteroatoms. The molecular formula is C15H22N2O3S. The average molecular weight is 310 g/mol. The molecule has 0 aromatic heterocycles. The first-order valence-electron chi connectivity index (χ1n) is 7.14. The first-order valence-corrected chi connectivity index (χ1v) is 9.20. The summed E-state index contributed by atoms with van der Waals surface area (Å²) in [4.78, 5) is 14.2.